The van der Waals surface area contributed by atoms with Crippen molar-refractivity contribution >= 4 is 123 Å². The van der Waals surface area contributed by atoms with E-state index < -0.39 is 57.9 Å². The van der Waals surface area contributed by atoms with Gasteiger partial charge in [0.1, 0.15) is 17.3 Å². The summed E-state index contributed by atoms with van der Waals surface area (Å²) in [6.07, 6.45) is 0. The van der Waals surface area contributed by atoms with Crippen molar-refractivity contribution in [2.75, 3.05) is 131 Å². The van der Waals surface area contributed by atoms with E-state index in [1.54, 1.807) is 156 Å². The molecule has 136 heavy (non-hydrogen) atoms. The number of alkyl halides is 1. The Balaban J connectivity index is 0.000000760. The molecular formula is C92H107Cl2KN8NaO32-3. The van der Waals surface area contributed by atoms with Crippen molar-refractivity contribution in [1.82, 2.24) is 24.9 Å². The zero-order valence-electron chi connectivity index (χ0n) is 78.2. The molecule has 0 saturated carbocycles. The van der Waals surface area contributed by atoms with Crippen LogP contribution in [0.1, 0.15) is 190 Å². The molecule has 10 amide bonds. The number of benzene rings is 6. The van der Waals surface area contributed by atoms with E-state index in [0.29, 0.717) is 152 Å². The van der Waals surface area contributed by atoms with Gasteiger partial charge in [-0.3, -0.25) is 86.7 Å². The average molecular weight is 1970 g/mol. The van der Waals surface area contributed by atoms with Gasteiger partial charge >= 0.3 is 80.9 Å². The molecule has 8 N–H and O–H groups in total. The van der Waals surface area contributed by atoms with Crippen molar-refractivity contribution in [2.24, 2.45) is 16.5 Å². The molecule has 10 aliphatic heterocycles. The first kappa shape index (κ1) is 122. The molecule has 0 radical (unpaired) electrons. The number of allylic oxidation sites excluding steroid dienone is 1. The number of hydrogen-bond acceptors (Lipinski definition) is 34. The summed E-state index contributed by atoms with van der Waals surface area (Å²) < 4.78 is 52.9. The van der Waals surface area contributed by atoms with E-state index in [-0.39, 0.29) is 215 Å². The number of carbonyl (C=O) groups is 16. The maximum atomic E-state index is 12.1. The van der Waals surface area contributed by atoms with Crippen molar-refractivity contribution in [2.45, 2.75) is 98.2 Å². The third-order valence-corrected chi connectivity index (χ3v) is 19.6. The third kappa shape index (κ3) is 36.8. The number of carboxylic acids is 2. The summed E-state index contributed by atoms with van der Waals surface area (Å²) in [6.45, 7) is 29.9. The standard InChI is InChI=1S/2C13H13NO4.2C11H9NO3.C9H15NO3.C8H5NO2.C8H6O4.2C5H11NO2.C4H5ClO.C3H5ClO.C2H6O2.K.Na.H2O.H/c2*1-13(17-6-7-18-13)8-14-11(15)9-4-2-3-5-10(9)12(14)16;2*1-7(13)6-12-10(14)8-4-2-3-5-9(8)11(12)15;1-7(2)8(11)10-6-9(3)12-4-5-13-9;10-7-5-3-1-2-4-6(5)8(11)9-7;9-7(10)5-3-1-2-4-6(5)8(11)12;2*1-5(4-6)7-2-3-8-5;1-3(2)4(5)6;1-3(5)2-4;3-1-2-4;;;;/h2*2-5H,6-8H2,1H3;2*2-5H,6H2,1H3;1,4-6H2,2-3H3,(H,10,11);1-4H,(H,9,10,11);1-4H,(H,9,10)(H,11,12);2*2-4,6H2,1H3;1H2,2H3;2H2,1H3;3-4H,1-2H2;;;1H2;/q;;;;;;;;;;;;2*+1;;-1/p-4. The van der Waals surface area contributed by atoms with Crippen LogP contribution >= 0.6 is 23.2 Å². The van der Waals surface area contributed by atoms with E-state index in [9.17, 15) is 92.0 Å². The number of nitrogens with one attached hydrogen (secondary N) is 1. The van der Waals surface area contributed by atoms with E-state index in [1.807, 2.05) is 13.8 Å². The first-order chi connectivity index (χ1) is 62.7. The first-order valence-corrected chi connectivity index (χ1v) is 41.7. The van der Waals surface area contributed by atoms with Crippen LogP contribution in [0.5, 0.6) is 0 Å². The summed E-state index contributed by atoms with van der Waals surface area (Å²) in [5, 5.41) is 49.0. The van der Waals surface area contributed by atoms with Gasteiger partial charge in [-0.1, -0.05) is 104 Å². The minimum absolute atomic E-state index is 0. The number of amides is 10. The van der Waals surface area contributed by atoms with Crippen LogP contribution < -0.4 is 113 Å². The predicted octanol–water partition coefficient (Wildman–Crippen LogP) is -2.89. The van der Waals surface area contributed by atoms with E-state index in [2.05, 4.69) is 23.5 Å². The molecule has 5 fully saturated rings. The Morgan fingerprint density at radius 2 is 0.632 bits per heavy atom. The molecule has 16 rings (SSSR count). The summed E-state index contributed by atoms with van der Waals surface area (Å²) >= 11 is 9.86. The van der Waals surface area contributed by atoms with Gasteiger partial charge in [0.05, 0.1) is 174 Å². The molecular weight excluding hydrogens is 1860 g/mol. The van der Waals surface area contributed by atoms with E-state index in [1.165, 1.54) is 42.7 Å². The summed E-state index contributed by atoms with van der Waals surface area (Å²) in [4.78, 5) is 187. The number of aliphatic imine (C=N–C) groups is 1. The van der Waals surface area contributed by atoms with Crippen molar-refractivity contribution < 1.29 is 237 Å². The van der Waals surface area contributed by atoms with E-state index >= 15 is 0 Å². The molecule has 0 unspecified atom stereocenters. The molecule has 726 valence electrons. The number of imide groups is 4. The van der Waals surface area contributed by atoms with Gasteiger partial charge in [-0.25, -0.2) is 4.99 Å². The number of aromatic carboxylic acids is 2. The van der Waals surface area contributed by atoms with E-state index in [0.717, 1.165) is 21.9 Å². The Morgan fingerprint density at radius 3 is 0.831 bits per heavy atom. The number of ether oxygens (including phenoxy) is 10. The van der Waals surface area contributed by atoms with E-state index in [4.69, 9.17) is 92.3 Å². The van der Waals surface area contributed by atoms with Crippen LogP contribution in [0.2, 0.25) is 0 Å². The van der Waals surface area contributed by atoms with Gasteiger partial charge in [-0.05, 0) is 147 Å². The van der Waals surface area contributed by atoms with Crippen molar-refractivity contribution in [3.05, 3.63) is 237 Å². The molecule has 5 saturated heterocycles. The van der Waals surface area contributed by atoms with Gasteiger partial charge in [-0.2, -0.15) is 0 Å². The van der Waals surface area contributed by atoms with Crippen LogP contribution in [0.15, 0.2) is 175 Å². The summed E-state index contributed by atoms with van der Waals surface area (Å²) in [5.74, 6) is -10.4. The molecule has 0 spiro atoms. The molecule has 0 aromatic heterocycles. The number of aliphatic hydroxyl groups excluding tert-OH is 2. The number of ketones is 3. The number of nitrogens with two attached hydrogens (primary N) is 2. The van der Waals surface area contributed by atoms with Crippen LogP contribution in [0.3, 0.4) is 0 Å². The van der Waals surface area contributed by atoms with Crippen molar-refractivity contribution in [3.8, 4) is 0 Å². The van der Waals surface area contributed by atoms with Gasteiger partial charge < -0.3 is 106 Å². The Bertz CT molecular complexity index is 4900. The normalized spacial score (nSPS) is 16.7. The fraction of sp³-hybridized carbons (Fsp3) is 0.380. The molecule has 40 nitrogen and oxygen atoms in total. The molecule has 10 aliphatic rings. The first-order valence-electron chi connectivity index (χ1n) is 40.8. The van der Waals surface area contributed by atoms with Crippen LogP contribution in [0.4, 0.5) is 0 Å². The minimum atomic E-state index is -1.52. The summed E-state index contributed by atoms with van der Waals surface area (Å²) in [5.41, 5.74) is 14.9. The number of aliphatic hydroxyl groups is 2. The quantitative estimate of drug-likeness (QED) is 0.0190. The van der Waals surface area contributed by atoms with Crippen LogP contribution in [-0.4, -0.2) is 295 Å². The van der Waals surface area contributed by atoms with Gasteiger partial charge in [0.2, 0.25) is 11.1 Å². The van der Waals surface area contributed by atoms with Crippen molar-refractivity contribution in [1.29, 1.82) is 0 Å². The van der Waals surface area contributed by atoms with Crippen molar-refractivity contribution in [3.63, 3.8) is 0 Å². The number of nitrogens with zero attached hydrogens (tertiary/aromatic N) is 5. The maximum absolute atomic E-state index is 12.1. The van der Waals surface area contributed by atoms with Crippen LogP contribution in [-0.2, 0) is 71.3 Å². The fourth-order valence-electron chi connectivity index (χ4n) is 12.2. The van der Waals surface area contributed by atoms with Gasteiger partial charge in [0.15, 0.2) is 28.9 Å². The monoisotopic (exact) mass is 1970 g/mol. The minimum Gasteiger partial charge on any atom is -1.00 e. The Labute approximate surface area is 860 Å². The molecule has 0 atom stereocenters. The molecule has 6 aromatic rings. The summed E-state index contributed by atoms with van der Waals surface area (Å²) in [7, 11) is 0. The van der Waals surface area contributed by atoms with Gasteiger partial charge in [0, 0.05) is 40.9 Å². The second-order valence-electron chi connectivity index (χ2n) is 30.1. The smallest absolute Gasteiger partial charge is 1.00 e. The number of hydrogen-bond donors (Lipinski definition) is 5. The Morgan fingerprint density at radius 1 is 0.412 bits per heavy atom. The van der Waals surface area contributed by atoms with Gasteiger partial charge in [-0.15, -0.1) is 11.6 Å². The third-order valence-electron chi connectivity index (χ3n) is 18.9. The van der Waals surface area contributed by atoms with Crippen LogP contribution in [0.25, 0.3) is 0 Å². The molecule has 44 heteroatoms. The largest absolute Gasteiger partial charge is 1.00 e. The average Bonchev–Trinajstić information content (AvgIpc) is 1.63. The second-order valence-corrected chi connectivity index (χ2v) is 30.7. The maximum Gasteiger partial charge on any atom is 1.00 e. The molecule has 0 bridgehead atoms. The zero-order chi connectivity index (χ0) is 99.3. The number of fused-ring (bicyclic) bond motifs is 5. The molecule has 10 heterocycles. The van der Waals surface area contributed by atoms with Gasteiger partial charge in [0.25, 0.3) is 53.2 Å². The molecule has 0 aliphatic carbocycles. The Hall–Kier alpha value is -9.79. The molecule has 6 aromatic carbocycles. The van der Waals surface area contributed by atoms with Crippen LogP contribution in [0, 0.1) is 0 Å². The Kier molecular flexibility index (Phi) is 52.9. The fourth-order valence-corrected chi connectivity index (χ4v) is 12.2. The SMILES string of the molecule is C=C(C)C(=O)Cl.C=C(C)C(=O)NCC1(C)OCCO1.CC(=O)CCl.CC(=O)CN1C(=O)c2ccccc2C1=O.CC(=O)CN1C(=O)c2ccccc2C1=O.CC1(CN)OCCO1.CC1(CN)OCCO1.CC1(CN2C(=O)c3ccccc3C2=O)OCCO1.CC1(CN2C(=O)c3ccccc3C2=O)OCCO1.O=C([O-])c1ccccc1C(=O)[O-].O=C1N=C([O-])c2ccccc21.OCCO.[H-].[K+].[Na+].[OH-]. The predicted molar refractivity (Wildman–Crippen MR) is 473 cm³/mol. The summed E-state index contributed by atoms with van der Waals surface area (Å²) in [6, 6.07) is 38.6. The second kappa shape index (κ2) is 58.8. The zero-order valence-corrected chi connectivity index (χ0v) is 83.9. The topological polar surface area (TPSA) is 594 Å². The number of halogens is 2. The number of rotatable bonds is 18. The number of Topliss-reactive ketones (excluding diaryl/α,β-unsaturated/α-hetero) is 3. The number of carboxylic acid groups (broad SMARTS) is 2. The number of carbonyl (C=O) groups excluding carboxylic acids is 16.